The van der Waals surface area contributed by atoms with Gasteiger partial charge in [0.05, 0.1) is 11.9 Å². The number of halogens is 3. The Morgan fingerprint density at radius 3 is 2.11 bits per heavy atom. The van der Waals surface area contributed by atoms with Gasteiger partial charge in [-0.2, -0.15) is 0 Å². The van der Waals surface area contributed by atoms with Crippen LogP contribution in [-0.2, 0) is 32.6 Å². The predicted octanol–water partition coefficient (Wildman–Crippen LogP) is 3.26. The van der Waals surface area contributed by atoms with Crippen LogP contribution in [0.1, 0.15) is 11.1 Å². The van der Waals surface area contributed by atoms with Gasteiger partial charge in [-0.25, -0.2) is 21.6 Å². The van der Waals surface area contributed by atoms with Crippen molar-refractivity contribution in [1.29, 1.82) is 0 Å². The highest BCUT2D eigenvalue weighted by molar-refractivity contribution is 7.92. The van der Waals surface area contributed by atoms with Crippen molar-refractivity contribution in [3.8, 4) is 0 Å². The molecule has 3 rings (SSSR count). The minimum absolute atomic E-state index is 0.109. The third kappa shape index (κ3) is 7.32. The molecule has 0 aromatic heterocycles. The Kier molecular flexibility index (Phi) is 8.93. The van der Waals surface area contributed by atoms with E-state index in [0.717, 1.165) is 24.0 Å². The van der Waals surface area contributed by atoms with Gasteiger partial charge in [0, 0.05) is 26.1 Å². The number of nitrogens with one attached hydrogen (secondary N) is 1. The molecule has 0 bridgehead atoms. The van der Waals surface area contributed by atoms with Gasteiger partial charge >= 0.3 is 0 Å². The number of rotatable bonds is 10. The van der Waals surface area contributed by atoms with Crippen molar-refractivity contribution in [3.05, 3.63) is 101 Å². The van der Waals surface area contributed by atoms with Gasteiger partial charge < -0.3 is 10.2 Å². The molecule has 3 aromatic carbocycles. The molecule has 11 heteroatoms. The van der Waals surface area contributed by atoms with Gasteiger partial charge in [0.1, 0.15) is 18.4 Å². The molecular weight excluding hydrogens is 507 g/mol. The number of benzene rings is 3. The Morgan fingerprint density at radius 1 is 0.892 bits per heavy atom. The lowest BCUT2D eigenvalue weighted by Gasteiger charge is -2.33. The highest BCUT2D eigenvalue weighted by Gasteiger charge is 2.32. The lowest BCUT2D eigenvalue weighted by Crippen LogP contribution is -2.52. The molecule has 2 amide bonds. The van der Waals surface area contributed by atoms with E-state index in [9.17, 15) is 31.2 Å². The van der Waals surface area contributed by atoms with Gasteiger partial charge in [-0.15, -0.1) is 0 Å². The van der Waals surface area contributed by atoms with E-state index in [1.807, 2.05) is 0 Å². The zero-order valence-corrected chi connectivity index (χ0v) is 21.0. The average Bonchev–Trinajstić information content (AvgIpc) is 2.87. The molecule has 3 aromatic rings. The summed E-state index contributed by atoms with van der Waals surface area (Å²) in [5.41, 5.74) is 0.986. The number of amides is 2. The number of carbonyl (C=O) groups excluding carboxylic acids is 2. The molecular formula is C26H26F3N3O4S. The first kappa shape index (κ1) is 27.7. The molecule has 1 atom stereocenters. The largest absolute Gasteiger partial charge is 0.357 e. The molecule has 1 N–H and O–H groups in total. The molecule has 0 spiro atoms. The summed E-state index contributed by atoms with van der Waals surface area (Å²) in [5.74, 6) is -4.23. The smallest absolute Gasteiger partial charge is 0.244 e. The number of likely N-dealkylation sites (N-methyl/N-ethyl adjacent to an activating group) is 1. The lowest BCUT2D eigenvalue weighted by atomic mass is 10.0. The molecule has 0 aliphatic carbocycles. The molecule has 0 unspecified atom stereocenters. The van der Waals surface area contributed by atoms with E-state index in [4.69, 9.17) is 0 Å². The number of nitrogens with zero attached hydrogens (tertiary/aromatic N) is 2. The molecule has 0 saturated heterocycles. The van der Waals surface area contributed by atoms with Crippen LogP contribution in [0.15, 0.2) is 72.8 Å². The van der Waals surface area contributed by atoms with Crippen LogP contribution in [0.4, 0.5) is 18.9 Å². The second-order valence-corrected chi connectivity index (χ2v) is 10.2. The molecule has 196 valence electrons. The van der Waals surface area contributed by atoms with Crippen LogP contribution in [0.3, 0.4) is 0 Å². The maximum Gasteiger partial charge on any atom is 0.244 e. The number of anilines is 1. The summed E-state index contributed by atoms with van der Waals surface area (Å²) in [6.45, 7) is -0.924. The predicted molar refractivity (Wildman–Crippen MR) is 133 cm³/mol. The standard InChI is InChI=1S/C26H26F3N3O4S/c1-30-26(34)24(14-18-6-4-3-5-7-18)31(16-19-8-10-20(27)11-9-19)25(33)17-32(37(2,35)36)21-12-13-22(28)23(29)15-21/h3-13,15,24H,14,16-17H2,1-2H3,(H,30,34)/t24-/m1/s1. The van der Waals surface area contributed by atoms with Crippen molar-refractivity contribution in [2.75, 3.05) is 24.2 Å². The molecule has 0 heterocycles. The minimum Gasteiger partial charge on any atom is -0.357 e. The second kappa shape index (κ2) is 11.9. The summed E-state index contributed by atoms with van der Waals surface area (Å²) in [6.07, 6.45) is 0.934. The number of hydrogen-bond donors (Lipinski definition) is 1. The lowest BCUT2D eigenvalue weighted by molar-refractivity contribution is -0.139. The molecule has 0 aliphatic rings. The van der Waals surface area contributed by atoms with Crippen molar-refractivity contribution in [2.45, 2.75) is 19.0 Å². The van der Waals surface area contributed by atoms with E-state index in [0.29, 0.717) is 15.9 Å². The Hall–Kier alpha value is -3.86. The van der Waals surface area contributed by atoms with E-state index in [1.54, 1.807) is 30.3 Å². The van der Waals surface area contributed by atoms with Crippen LogP contribution in [-0.4, -0.2) is 51.0 Å². The zero-order valence-electron chi connectivity index (χ0n) is 20.2. The summed E-state index contributed by atoms with van der Waals surface area (Å²) in [6, 6.07) is 15.6. The third-order valence-electron chi connectivity index (χ3n) is 5.65. The van der Waals surface area contributed by atoms with Crippen LogP contribution in [0.25, 0.3) is 0 Å². The summed E-state index contributed by atoms with van der Waals surface area (Å²) < 4.78 is 66.6. The maximum atomic E-state index is 13.9. The van der Waals surface area contributed by atoms with E-state index in [1.165, 1.54) is 36.2 Å². The highest BCUT2D eigenvalue weighted by atomic mass is 32.2. The minimum atomic E-state index is -4.12. The van der Waals surface area contributed by atoms with E-state index < -0.39 is 51.9 Å². The molecule has 7 nitrogen and oxygen atoms in total. The van der Waals surface area contributed by atoms with Gasteiger partial charge in [0.15, 0.2) is 11.6 Å². The van der Waals surface area contributed by atoms with E-state index in [-0.39, 0.29) is 18.7 Å². The third-order valence-corrected chi connectivity index (χ3v) is 6.79. The van der Waals surface area contributed by atoms with Crippen LogP contribution >= 0.6 is 0 Å². The van der Waals surface area contributed by atoms with E-state index >= 15 is 0 Å². The fourth-order valence-corrected chi connectivity index (χ4v) is 4.60. The van der Waals surface area contributed by atoms with Gasteiger partial charge in [0.2, 0.25) is 21.8 Å². The zero-order chi connectivity index (χ0) is 27.2. The summed E-state index contributed by atoms with van der Waals surface area (Å²) in [4.78, 5) is 27.8. The van der Waals surface area contributed by atoms with Crippen molar-refractivity contribution < 1.29 is 31.2 Å². The summed E-state index contributed by atoms with van der Waals surface area (Å²) in [5, 5.41) is 2.53. The van der Waals surface area contributed by atoms with Crippen LogP contribution < -0.4 is 9.62 Å². The second-order valence-electron chi connectivity index (χ2n) is 8.34. The molecule has 0 aliphatic heterocycles. The first-order valence-electron chi connectivity index (χ1n) is 11.2. The Balaban J connectivity index is 2.03. The van der Waals surface area contributed by atoms with Crippen LogP contribution in [0.5, 0.6) is 0 Å². The van der Waals surface area contributed by atoms with Crippen molar-refractivity contribution in [2.24, 2.45) is 0 Å². The molecule has 37 heavy (non-hydrogen) atoms. The maximum absolute atomic E-state index is 13.9. The molecule has 0 radical (unpaired) electrons. The van der Waals surface area contributed by atoms with Crippen molar-refractivity contribution >= 4 is 27.5 Å². The van der Waals surface area contributed by atoms with Crippen LogP contribution in [0.2, 0.25) is 0 Å². The molecule has 0 fully saturated rings. The fourth-order valence-electron chi connectivity index (χ4n) is 3.76. The van der Waals surface area contributed by atoms with Gasteiger partial charge in [-0.1, -0.05) is 42.5 Å². The van der Waals surface area contributed by atoms with Crippen LogP contribution in [0, 0.1) is 17.5 Å². The fraction of sp³-hybridized carbons (Fsp3) is 0.231. The van der Waals surface area contributed by atoms with Crippen molar-refractivity contribution in [1.82, 2.24) is 10.2 Å². The average molecular weight is 534 g/mol. The first-order chi connectivity index (χ1) is 17.5. The topological polar surface area (TPSA) is 86.8 Å². The number of sulfonamides is 1. The van der Waals surface area contributed by atoms with Gasteiger partial charge in [-0.05, 0) is 35.4 Å². The quantitative estimate of drug-likeness (QED) is 0.434. The van der Waals surface area contributed by atoms with Gasteiger partial charge in [0.25, 0.3) is 0 Å². The Morgan fingerprint density at radius 2 is 1.54 bits per heavy atom. The van der Waals surface area contributed by atoms with Crippen molar-refractivity contribution in [3.63, 3.8) is 0 Å². The Labute approximate surface area is 213 Å². The summed E-state index contributed by atoms with van der Waals surface area (Å²) in [7, 11) is -2.71. The normalized spacial score (nSPS) is 12.0. The van der Waals surface area contributed by atoms with E-state index in [2.05, 4.69) is 5.32 Å². The van der Waals surface area contributed by atoms with Gasteiger partial charge in [-0.3, -0.25) is 13.9 Å². The summed E-state index contributed by atoms with van der Waals surface area (Å²) >= 11 is 0. The highest BCUT2D eigenvalue weighted by Crippen LogP contribution is 2.22. The Bertz CT molecular complexity index is 1350. The number of hydrogen-bond acceptors (Lipinski definition) is 4. The SMILES string of the molecule is CNC(=O)[C@@H](Cc1ccccc1)N(Cc1ccc(F)cc1)C(=O)CN(c1ccc(F)c(F)c1)S(C)(=O)=O. The molecule has 0 saturated carbocycles. The number of carbonyl (C=O) groups is 2. The monoisotopic (exact) mass is 533 g/mol. The first-order valence-corrected chi connectivity index (χ1v) is 13.1.